The second-order valence-electron chi connectivity index (χ2n) is 7.67. The van der Waals surface area contributed by atoms with Gasteiger partial charge in [0, 0.05) is 19.6 Å². The molecule has 1 N–H and O–H groups in total. The molecule has 0 spiro atoms. The van der Waals surface area contributed by atoms with Gasteiger partial charge in [-0.1, -0.05) is 24.3 Å². The molecule has 8 heteroatoms. The molecule has 4 rings (SSSR count). The summed E-state index contributed by atoms with van der Waals surface area (Å²) in [7, 11) is 0. The summed E-state index contributed by atoms with van der Waals surface area (Å²) in [4.78, 5) is 29.1. The summed E-state index contributed by atoms with van der Waals surface area (Å²) in [5.74, 6) is -0.234. The van der Waals surface area contributed by atoms with Crippen molar-refractivity contribution in [2.45, 2.75) is 19.1 Å². The van der Waals surface area contributed by atoms with Crippen LogP contribution in [0.5, 0.6) is 5.75 Å². The number of hydrogen-bond acceptors (Lipinski definition) is 5. The number of ether oxygens (including phenoxy) is 2. The fourth-order valence-electron chi connectivity index (χ4n) is 3.96. The summed E-state index contributed by atoms with van der Waals surface area (Å²) in [6.07, 6.45) is -0.650. The molecular weight excluding hydrogens is 401 g/mol. The normalized spacial score (nSPS) is 20.0. The number of para-hydroxylation sites is 2. The zero-order valence-corrected chi connectivity index (χ0v) is 17.4. The van der Waals surface area contributed by atoms with Crippen molar-refractivity contribution in [2.75, 3.05) is 44.3 Å². The monoisotopic (exact) mass is 427 g/mol. The van der Waals surface area contributed by atoms with Gasteiger partial charge in [0.1, 0.15) is 18.1 Å². The van der Waals surface area contributed by atoms with Crippen molar-refractivity contribution in [1.29, 1.82) is 0 Å². The van der Waals surface area contributed by atoms with Gasteiger partial charge in [-0.15, -0.1) is 0 Å². The Morgan fingerprint density at radius 1 is 1.16 bits per heavy atom. The Bertz CT molecular complexity index is 931. The second kappa shape index (κ2) is 9.45. The van der Waals surface area contributed by atoms with Crippen LogP contribution in [0.25, 0.3) is 0 Å². The largest absolute Gasteiger partial charge is 0.479 e. The predicted octanol–water partition coefficient (Wildman–Crippen LogP) is 2.13. The summed E-state index contributed by atoms with van der Waals surface area (Å²) in [5.41, 5.74) is 1.51. The fourth-order valence-corrected chi connectivity index (χ4v) is 3.96. The lowest BCUT2D eigenvalue weighted by Gasteiger charge is -2.35. The molecule has 2 aliphatic heterocycles. The van der Waals surface area contributed by atoms with Gasteiger partial charge in [0.2, 0.25) is 5.91 Å². The summed E-state index contributed by atoms with van der Waals surface area (Å²) in [5, 5.41) is 2.96. The third-order valence-electron chi connectivity index (χ3n) is 5.61. The van der Waals surface area contributed by atoms with Crippen LogP contribution in [0.4, 0.5) is 10.1 Å². The molecule has 0 bridgehead atoms. The molecule has 1 fully saturated rings. The van der Waals surface area contributed by atoms with Crippen LogP contribution in [0.1, 0.15) is 18.5 Å². The standard InChI is InChI=1S/C23H26FN3O4/c1-16-23(29)27(19-4-2-3-5-21(19)31-16)15-22(28)25-14-20(26-10-12-30-13-11-26)17-6-8-18(24)9-7-17/h2-9,16,20H,10-15H2,1H3,(H,25,28)/t16-,20-/m0/s1. The van der Waals surface area contributed by atoms with E-state index in [1.807, 2.05) is 6.07 Å². The lowest BCUT2D eigenvalue weighted by atomic mass is 10.0. The van der Waals surface area contributed by atoms with Crippen molar-refractivity contribution >= 4 is 17.5 Å². The van der Waals surface area contributed by atoms with Crippen LogP contribution in [0.15, 0.2) is 48.5 Å². The topological polar surface area (TPSA) is 71.1 Å². The van der Waals surface area contributed by atoms with Crippen molar-refractivity contribution in [3.05, 3.63) is 59.9 Å². The number of benzene rings is 2. The van der Waals surface area contributed by atoms with Crippen molar-refractivity contribution in [3.63, 3.8) is 0 Å². The number of nitrogens with one attached hydrogen (secondary N) is 1. The van der Waals surface area contributed by atoms with Crippen LogP contribution in [0, 0.1) is 5.82 Å². The van der Waals surface area contributed by atoms with E-state index in [9.17, 15) is 14.0 Å². The highest BCUT2D eigenvalue weighted by Crippen LogP contribution is 2.33. The molecule has 1 saturated heterocycles. The highest BCUT2D eigenvalue weighted by Gasteiger charge is 2.32. The fraction of sp³-hybridized carbons (Fsp3) is 0.391. The number of carbonyl (C=O) groups is 2. The number of anilines is 1. The number of fused-ring (bicyclic) bond motifs is 1. The first-order valence-corrected chi connectivity index (χ1v) is 10.4. The van der Waals surface area contributed by atoms with Gasteiger partial charge in [0.25, 0.3) is 5.91 Å². The van der Waals surface area contributed by atoms with E-state index >= 15 is 0 Å². The molecule has 0 unspecified atom stereocenters. The minimum Gasteiger partial charge on any atom is -0.479 e. The van der Waals surface area contributed by atoms with Gasteiger partial charge in [0.05, 0.1) is 24.9 Å². The van der Waals surface area contributed by atoms with E-state index in [0.29, 0.717) is 31.2 Å². The van der Waals surface area contributed by atoms with E-state index in [4.69, 9.17) is 9.47 Å². The van der Waals surface area contributed by atoms with E-state index in [-0.39, 0.29) is 30.2 Å². The van der Waals surface area contributed by atoms with Gasteiger partial charge in [0.15, 0.2) is 6.10 Å². The van der Waals surface area contributed by atoms with Crippen molar-refractivity contribution < 1.29 is 23.5 Å². The molecule has 2 aromatic rings. The van der Waals surface area contributed by atoms with Crippen molar-refractivity contribution in [3.8, 4) is 5.75 Å². The summed E-state index contributed by atoms with van der Waals surface area (Å²) < 4.78 is 24.5. The Labute approximate surface area is 180 Å². The Hall–Kier alpha value is -2.97. The molecule has 0 saturated carbocycles. The van der Waals surface area contributed by atoms with Gasteiger partial charge in [-0.25, -0.2) is 4.39 Å². The minimum atomic E-state index is -0.650. The molecule has 2 heterocycles. The lowest BCUT2D eigenvalue weighted by molar-refractivity contribution is -0.128. The first kappa shape index (κ1) is 21.3. The Morgan fingerprint density at radius 3 is 2.61 bits per heavy atom. The van der Waals surface area contributed by atoms with Gasteiger partial charge in [-0.05, 0) is 36.8 Å². The van der Waals surface area contributed by atoms with Crippen LogP contribution in [0.2, 0.25) is 0 Å². The van der Waals surface area contributed by atoms with Gasteiger partial charge >= 0.3 is 0 Å². The Balaban J connectivity index is 1.45. The number of nitrogens with zero attached hydrogens (tertiary/aromatic N) is 2. The Morgan fingerprint density at radius 2 is 1.87 bits per heavy atom. The third-order valence-corrected chi connectivity index (χ3v) is 5.61. The maximum atomic E-state index is 13.4. The molecule has 7 nitrogen and oxygen atoms in total. The molecule has 2 aromatic carbocycles. The van der Waals surface area contributed by atoms with Crippen molar-refractivity contribution in [1.82, 2.24) is 10.2 Å². The van der Waals surface area contributed by atoms with Gasteiger partial charge in [-0.3, -0.25) is 19.4 Å². The molecule has 0 radical (unpaired) electrons. The predicted molar refractivity (Wildman–Crippen MR) is 113 cm³/mol. The summed E-state index contributed by atoms with van der Waals surface area (Å²) in [6.45, 7) is 4.61. The molecule has 0 aliphatic carbocycles. The molecular formula is C23H26FN3O4. The summed E-state index contributed by atoms with van der Waals surface area (Å²) in [6, 6.07) is 13.4. The maximum absolute atomic E-state index is 13.4. The Kier molecular flexibility index (Phi) is 6.48. The van der Waals surface area contributed by atoms with Crippen LogP contribution in [-0.2, 0) is 14.3 Å². The molecule has 2 aliphatic rings. The van der Waals surface area contributed by atoms with E-state index in [0.717, 1.165) is 18.7 Å². The quantitative estimate of drug-likeness (QED) is 0.765. The number of carbonyl (C=O) groups excluding carboxylic acids is 2. The highest BCUT2D eigenvalue weighted by atomic mass is 19.1. The number of hydrogen-bond donors (Lipinski definition) is 1. The smallest absolute Gasteiger partial charge is 0.268 e. The first-order valence-electron chi connectivity index (χ1n) is 10.4. The van der Waals surface area contributed by atoms with Crippen LogP contribution < -0.4 is 15.0 Å². The first-order chi connectivity index (χ1) is 15.0. The number of rotatable bonds is 6. The average molecular weight is 427 g/mol. The summed E-state index contributed by atoms with van der Waals surface area (Å²) >= 11 is 0. The van der Waals surface area contributed by atoms with Gasteiger partial charge < -0.3 is 14.8 Å². The van der Waals surface area contributed by atoms with Crippen LogP contribution >= 0.6 is 0 Å². The highest BCUT2D eigenvalue weighted by molar-refractivity contribution is 6.03. The molecule has 31 heavy (non-hydrogen) atoms. The number of halogens is 1. The zero-order chi connectivity index (χ0) is 21.8. The molecule has 0 aromatic heterocycles. The van der Waals surface area contributed by atoms with Crippen LogP contribution in [0.3, 0.4) is 0 Å². The molecule has 2 amide bonds. The zero-order valence-electron chi connectivity index (χ0n) is 17.4. The SMILES string of the molecule is C[C@@H]1Oc2ccccc2N(CC(=O)NC[C@@H](c2ccc(F)cc2)N2CCOCC2)C1=O. The third kappa shape index (κ3) is 4.86. The van der Waals surface area contributed by atoms with E-state index in [1.54, 1.807) is 37.3 Å². The molecule has 2 atom stereocenters. The lowest BCUT2D eigenvalue weighted by Crippen LogP contribution is -2.50. The van der Waals surface area contributed by atoms with E-state index < -0.39 is 6.10 Å². The number of amides is 2. The van der Waals surface area contributed by atoms with Crippen molar-refractivity contribution in [2.24, 2.45) is 0 Å². The maximum Gasteiger partial charge on any atom is 0.268 e. The average Bonchev–Trinajstić information content (AvgIpc) is 2.79. The van der Waals surface area contributed by atoms with E-state index in [1.165, 1.54) is 17.0 Å². The van der Waals surface area contributed by atoms with Gasteiger partial charge in [-0.2, -0.15) is 0 Å². The number of morpholine rings is 1. The van der Waals surface area contributed by atoms with Crippen LogP contribution in [-0.4, -0.2) is 62.2 Å². The second-order valence-corrected chi connectivity index (χ2v) is 7.67. The molecule has 164 valence electrons. The minimum absolute atomic E-state index is 0.0944. The van der Waals surface area contributed by atoms with E-state index in [2.05, 4.69) is 10.2 Å².